The zero-order chi connectivity index (χ0) is 20.1. The molecule has 5 nitrogen and oxygen atoms in total. The molecular weight excluding hydrogens is 362 g/mol. The summed E-state index contributed by atoms with van der Waals surface area (Å²) in [4.78, 5) is 17.1. The molecule has 1 heterocycles. The lowest BCUT2D eigenvalue weighted by molar-refractivity contribution is -0.122. The average Bonchev–Trinajstić information content (AvgIpc) is 3.56. The number of carbonyl (C=O) groups excluding carboxylic acids is 1. The van der Waals surface area contributed by atoms with Crippen LogP contribution in [0.2, 0.25) is 0 Å². The number of ether oxygens (including phenoxy) is 1. The molecule has 1 saturated heterocycles. The molecule has 2 aromatic carbocycles. The molecular formula is C24H31N3O2. The number of amides is 1. The fourth-order valence-corrected chi connectivity index (χ4v) is 4.18. The molecule has 1 aliphatic carbocycles. The van der Waals surface area contributed by atoms with Gasteiger partial charge in [-0.1, -0.05) is 42.5 Å². The van der Waals surface area contributed by atoms with E-state index in [0.717, 1.165) is 57.0 Å². The molecule has 1 amide bonds. The van der Waals surface area contributed by atoms with Gasteiger partial charge >= 0.3 is 0 Å². The number of anilines is 1. The Labute approximate surface area is 173 Å². The first kappa shape index (κ1) is 19.8. The number of hydrogen-bond acceptors (Lipinski definition) is 4. The lowest BCUT2D eigenvalue weighted by atomic mass is 9.96. The number of rotatable bonds is 8. The van der Waals surface area contributed by atoms with Gasteiger partial charge in [0.2, 0.25) is 5.91 Å². The number of nitrogens with one attached hydrogen (secondary N) is 1. The highest BCUT2D eigenvalue weighted by Crippen LogP contribution is 2.47. The van der Waals surface area contributed by atoms with E-state index in [1.54, 1.807) is 0 Å². The summed E-state index contributed by atoms with van der Waals surface area (Å²) in [5.41, 5.74) is 2.66. The van der Waals surface area contributed by atoms with E-state index >= 15 is 0 Å². The largest absolute Gasteiger partial charge is 0.492 e. The maximum atomic E-state index is 12.5. The molecule has 0 unspecified atom stereocenters. The lowest BCUT2D eigenvalue weighted by Crippen LogP contribution is -2.50. The van der Waals surface area contributed by atoms with Gasteiger partial charge in [0, 0.05) is 38.1 Å². The van der Waals surface area contributed by atoms with Crippen molar-refractivity contribution in [3.8, 4) is 5.75 Å². The molecule has 154 valence electrons. The molecule has 1 aliphatic heterocycles. The second-order valence-corrected chi connectivity index (χ2v) is 8.09. The maximum Gasteiger partial charge on any atom is 0.234 e. The van der Waals surface area contributed by atoms with Crippen molar-refractivity contribution < 1.29 is 9.53 Å². The van der Waals surface area contributed by atoms with Gasteiger partial charge in [0.1, 0.15) is 5.75 Å². The van der Waals surface area contributed by atoms with Gasteiger partial charge in [-0.05, 0) is 37.5 Å². The van der Waals surface area contributed by atoms with Crippen LogP contribution >= 0.6 is 0 Å². The standard InChI is InChI=1S/C24H31N3O2/c1-2-29-22-11-7-6-10-21(22)27-16-14-26(15-17-27)18-23(28)25-19-24(12-13-24)20-8-4-3-5-9-20/h3-11H,2,12-19H2,1H3,(H,25,28). The van der Waals surface area contributed by atoms with Crippen molar-refractivity contribution in [3.63, 3.8) is 0 Å². The molecule has 1 saturated carbocycles. The Morgan fingerprint density at radius 1 is 1.00 bits per heavy atom. The number of benzene rings is 2. The van der Waals surface area contributed by atoms with Gasteiger partial charge in [-0.15, -0.1) is 0 Å². The van der Waals surface area contributed by atoms with Crippen molar-refractivity contribution in [3.05, 3.63) is 60.2 Å². The van der Waals surface area contributed by atoms with Crippen molar-refractivity contribution in [2.75, 3.05) is 50.8 Å². The van der Waals surface area contributed by atoms with Crippen LogP contribution in [0.1, 0.15) is 25.3 Å². The zero-order valence-corrected chi connectivity index (χ0v) is 17.3. The summed E-state index contributed by atoms with van der Waals surface area (Å²) >= 11 is 0. The van der Waals surface area contributed by atoms with E-state index in [1.807, 2.05) is 25.1 Å². The average molecular weight is 394 g/mol. The second kappa shape index (κ2) is 8.87. The molecule has 2 fully saturated rings. The van der Waals surface area contributed by atoms with Crippen LogP contribution in [0, 0.1) is 0 Å². The van der Waals surface area contributed by atoms with Crippen LogP contribution in [-0.2, 0) is 10.2 Å². The molecule has 4 rings (SSSR count). The highest BCUT2D eigenvalue weighted by atomic mass is 16.5. The lowest BCUT2D eigenvalue weighted by Gasteiger charge is -2.36. The minimum absolute atomic E-state index is 0.135. The van der Waals surface area contributed by atoms with Crippen LogP contribution < -0.4 is 15.0 Å². The molecule has 0 spiro atoms. The Bertz CT molecular complexity index is 812. The van der Waals surface area contributed by atoms with Crippen molar-refractivity contribution in [2.45, 2.75) is 25.2 Å². The normalized spacial score (nSPS) is 18.3. The molecule has 2 aliphatic rings. The fraction of sp³-hybridized carbons (Fsp3) is 0.458. The van der Waals surface area contributed by atoms with Crippen LogP contribution in [0.5, 0.6) is 5.75 Å². The Hall–Kier alpha value is -2.53. The van der Waals surface area contributed by atoms with E-state index in [9.17, 15) is 4.79 Å². The maximum absolute atomic E-state index is 12.5. The third kappa shape index (κ3) is 4.73. The summed E-state index contributed by atoms with van der Waals surface area (Å²) in [6, 6.07) is 18.8. The highest BCUT2D eigenvalue weighted by molar-refractivity contribution is 5.78. The van der Waals surface area contributed by atoms with Crippen molar-refractivity contribution in [1.29, 1.82) is 0 Å². The first-order chi connectivity index (χ1) is 14.2. The predicted octanol–water partition coefficient (Wildman–Crippen LogP) is 3.06. The summed E-state index contributed by atoms with van der Waals surface area (Å²) in [6.07, 6.45) is 2.32. The van der Waals surface area contributed by atoms with E-state index in [0.29, 0.717) is 13.2 Å². The van der Waals surface area contributed by atoms with E-state index in [4.69, 9.17) is 4.74 Å². The Morgan fingerprint density at radius 2 is 1.69 bits per heavy atom. The number of hydrogen-bond donors (Lipinski definition) is 1. The first-order valence-electron chi connectivity index (χ1n) is 10.7. The molecule has 2 aromatic rings. The van der Waals surface area contributed by atoms with Crippen LogP contribution in [0.25, 0.3) is 0 Å². The molecule has 1 N–H and O–H groups in total. The molecule has 29 heavy (non-hydrogen) atoms. The Morgan fingerprint density at radius 3 is 2.38 bits per heavy atom. The van der Waals surface area contributed by atoms with E-state index in [1.165, 1.54) is 5.56 Å². The van der Waals surface area contributed by atoms with Crippen LogP contribution in [-0.4, -0.2) is 56.7 Å². The Kier molecular flexibility index (Phi) is 6.05. The number of carbonyl (C=O) groups is 1. The SMILES string of the molecule is CCOc1ccccc1N1CCN(CC(=O)NCC2(c3ccccc3)CC2)CC1. The summed E-state index contributed by atoms with van der Waals surface area (Å²) < 4.78 is 5.77. The van der Waals surface area contributed by atoms with Crippen LogP contribution in [0.4, 0.5) is 5.69 Å². The van der Waals surface area contributed by atoms with Gasteiger partial charge in [0.15, 0.2) is 0 Å². The van der Waals surface area contributed by atoms with Gasteiger partial charge < -0.3 is 15.0 Å². The first-order valence-corrected chi connectivity index (χ1v) is 10.7. The number of para-hydroxylation sites is 2. The van der Waals surface area contributed by atoms with Crippen LogP contribution in [0.3, 0.4) is 0 Å². The molecule has 0 radical (unpaired) electrons. The van der Waals surface area contributed by atoms with Gasteiger partial charge in [0.05, 0.1) is 18.8 Å². The summed E-state index contributed by atoms with van der Waals surface area (Å²) in [6.45, 7) is 7.49. The number of nitrogens with zero attached hydrogens (tertiary/aromatic N) is 2. The smallest absolute Gasteiger partial charge is 0.234 e. The summed E-state index contributed by atoms with van der Waals surface area (Å²) in [5, 5.41) is 3.19. The topological polar surface area (TPSA) is 44.8 Å². The third-order valence-electron chi connectivity index (χ3n) is 6.11. The fourth-order valence-electron chi connectivity index (χ4n) is 4.18. The van der Waals surface area contributed by atoms with Gasteiger partial charge in [-0.3, -0.25) is 9.69 Å². The molecule has 5 heteroatoms. The van der Waals surface area contributed by atoms with Gasteiger partial charge in [0.25, 0.3) is 0 Å². The highest BCUT2D eigenvalue weighted by Gasteiger charge is 2.44. The minimum atomic E-state index is 0.135. The summed E-state index contributed by atoms with van der Waals surface area (Å²) in [7, 11) is 0. The monoisotopic (exact) mass is 393 g/mol. The van der Waals surface area contributed by atoms with Crippen molar-refractivity contribution in [2.24, 2.45) is 0 Å². The van der Waals surface area contributed by atoms with E-state index in [2.05, 4.69) is 51.5 Å². The number of piperazine rings is 1. The van der Waals surface area contributed by atoms with Crippen molar-refractivity contribution >= 4 is 11.6 Å². The van der Waals surface area contributed by atoms with E-state index < -0.39 is 0 Å². The minimum Gasteiger partial charge on any atom is -0.492 e. The summed E-state index contributed by atoms with van der Waals surface area (Å²) in [5.74, 6) is 1.08. The van der Waals surface area contributed by atoms with Gasteiger partial charge in [-0.25, -0.2) is 0 Å². The van der Waals surface area contributed by atoms with Gasteiger partial charge in [-0.2, -0.15) is 0 Å². The quantitative estimate of drug-likeness (QED) is 0.749. The second-order valence-electron chi connectivity index (χ2n) is 8.09. The van der Waals surface area contributed by atoms with E-state index in [-0.39, 0.29) is 11.3 Å². The zero-order valence-electron chi connectivity index (χ0n) is 17.3. The van der Waals surface area contributed by atoms with Crippen LogP contribution in [0.15, 0.2) is 54.6 Å². The molecule has 0 atom stereocenters. The van der Waals surface area contributed by atoms with Crippen molar-refractivity contribution in [1.82, 2.24) is 10.2 Å². The predicted molar refractivity (Wildman–Crippen MR) is 117 cm³/mol. The molecule has 0 aromatic heterocycles. The third-order valence-corrected chi connectivity index (χ3v) is 6.11. The Balaban J connectivity index is 1.24. The molecule has 0 bridgehead atoms.